The van der Waals surface area contributed by atoms with Gasteiger partial charge in [-0.15, -0.1) is 0 Å². The Labute approximate surface area is 259 Å². The zero-order valence-electron chi connectivity index (χ0n) is 25.0. The van der Waals surface area contributed by atoms with Gasteiger partial charge < -0.3 is 4.90 Å². The largest absolute Gasteiger partial charge is 0.310 e. The third-order valence-electron chi connectivity index (χ3n) is 9.22. The first-order chi connectivity index (χ1) is 21.6. The van der Waals surface area contributed by atoms with Gasteiger partial charge in [-0.3, -0.25) is 0 Å². The topological polar surface area (TPSA) is 3.24 Å². The van der Waals surface area contributed by atoms with Crippen LogP contribution in [-0.2, 0) is 5.41 Å². The summed E-state index contributed by atoms with van der Waals surface area (Å²) in [7, 11) is 0. The van der Waals surface area contributed by atoms with Crippen LogP contribution in [0, 0.1) is 0 Å². The van der Waals surface area contributed by atoms with Gasteiger partial charge in [0.05, 0.1) is 5.69 Å². The average Bonchev–Trinajstić information content (AvgIpc) is 3.32. The number of hydrogen-bond donors (Lipinski definition) is 0. The Morgan fingerprint density at radius 2 is 1.02 bits per heavy atom. The second kappa shape index (κ2) is 10.4. The van der Waals surface area contributed by atoms with Crippen LogP contribution in [0.15, 0.2) is 164 Å². The molecule has 8 rings (SSSR count). The quantitative estimate of drug-likeness (QED) is 0.201. The Kier molecular flexibility index (Phi) is 6.20. The molecule has 0 aromatic heterocycles. The number of hydrogen-bond acceptors (Lipinski definition) is 1. The van der Waals surface area contributed by atoms with Gasteiger partial charge in [0, 0.05) is 22.2 Å². The minimum absolute atomic E-state index is 0.114. The van der Waals surface area contributed by atoms with Crippen LogP contribution in [-0.4, -0.2) is 0 Å². The molecule has 0 aliphatic heterocycles. The van der Waals surface area contributed by atoms with Crippen molar-refractivity contribution in [2.75, 3.05) is 4.90 Å². The second-order valence-electron chi connectivity index (χ2n) is 12.2. The summed E-state index contributed by atoms with van der Waals surface area (Å²) in [6.45, 7) is 4.74. The van der Waals surface area contributed by atoms with Gasteiger partial charge in [-0.05, 0) is 80.2 Å². The van der Waals surface area contributed by atoms with Crippen molar-refractivity contribution >= 4 is 27.8 Å². The smallest absolute Gasteiger partial charge is 0.0540 e. The molecule has 1 aliphatic rings. The number of nitrogens with zero attached hydrogens (tertiary/aromatic N) is 1. The molecule has 0 spiro atoms. The first-order valence-corrected chi connectivity index (χ1v) is 15.4. The summed E-state index contributed by atoms with van der Waals surface area (Å²) in [6, 6.07) is 59.6. The molecular formula is C43H33N. The predicted molar refractivity (Wildman–Crippen MR) is 187 cm³/mol. The van der Waals surface area contributed by atoms with Gasteiger partial charge in [0.2, 0.25) is 0 Å². The van der Waals surface area contributed by atoms with Crippen molar-refractivity contribution in [3.05, 3.63) is 175 Å². The number of benzene rings is 7. The van der Waals surface area contributed by atoms with Gasteiger partial charge in [-0.25, -0.2) is 0 Å². The molecule has 0 saturated heterocycles. The summed E-state index contributed by atoms with van der Waals surface area (Å²) in [5.41, 5.74) is 13.7. The molecule has 0 saturated carbocycles. The third kappa shape index (κ3) is 4.24. The maximum absolute atomic E-state index is 2.44. The summed E-state index contributed by atoms with van der Waals surface area (Å²) >= 11 is 0. The van der Waals surface area contributed by atoms with Crippen molar-refractivity contribution in [1.82, 2.24) is 0 Å². The van der Waals surface area contributed by atoms with Crippen LogP contribution in [0.25, 0.3) is 44.2 Å². The highest BCUT2D eigenvalue weighted by molar-refractivity contribution is 6.01. The van der Waals surface area contributed by atoms with Gasteiger partial charge in [0.15, 0.2) is 0 Å². The molecule has 7 aromatic rings. The van der Waals surface area contributed by atoms with Gasteiger partial charge in [0.25, 0.3) is 0 Å². The summed E-state index contributed by atoms with van der Waals surface area (Å²) < 4.78 is 0. The van der Waals surface area contributed by atoms with Crippen LogP contribution in [0.2, 0.25) is 0 Å². The highest BCUT2D eigenvalue weighted by Gasteiger charge is 2.38. The van der Waals surface area contributed by atoms with E-state index in [1.54, 1.807) is 0 Å². The minimum atomic E-state index is -0.114. The van der Waals surface area contributed by atoms with Crippen LogP contribution in [0.4, 0.5) is 17.1 Å². The van der Waals surface area contributed by atoms with Crippen molar-refractivity contribution in [2.45, 2.75) is 19.3 Å². The van der Waals surface area contributed by atoms with Crippen molar-refractivity contribution in [3.8, 4) is 33.4 Å². The summed E-state index contributed by atoms with van der Waals surface area (Å²) in [5.74, 6) is 0. The lowest BCUT2D eigenvalue weighted by atomic mass is 9.78. The van der Waals surface area contributed by atoms with E-state index in [9.17, 15) is 0 Å². The molecule has 0 heterocycles. The highest BCUT2D eigenvalue weighted by Crippen LogP contribution is 2.54. The van der Waals surface area contributed by atoms with Crippen LogP contribution >= 0.6 is 0 Å². The molecule has 0 atom stereocenters. The Balaban J connectivity index is 1.41. The van der Waals surface area contributed by atoms with Crippen LogP contribution in [0.1, 0.15) is 25.0 Å². The van der Waals surface area contributed by atoms with E-state index in [0.717, 1.165) is 11.4 Å². The molecule has 0 bridgehead atoms. The molecule has 0 fully saturated rings. The molecule has 1 aliphatic carbocycles. The van der Waals surface area contributed by atoms with E-state index in [4.69, 9.17) is 0 Å². The van der Waals surface area contributed by atoms with Crippen LogP contribution in [0.5, 0.6) is 0 Å². The Bertz CT molecular complexity index is 2120. The highest BCUT2D eigenvalue weighted by atomic mass is 15.1. The van der Waals surface area contributed by atoms with Gasteiger partial charge in [-0.1, -0.05) is 147 Å². The Morgan fingerprint density at radius 1 is 0.432 bits per heavy atom. The molecule has 7 aromatic carbocycles. The monoisotopic (exact) mass is 563 g/mol. The van der Waals surface area contributed by atoms with E-state index >= 15 is 0 Å². The fourth-order valence-corrected chi connectivity index (χ4v) is 7.15. The summed E-state index contributed by atoms with van der Waals surface area (Å²) in [6.07, 6.45) is 0. The molecule has 0 unspecified atom stereocenters. The van der Waals surface area contributed by atoms with Crippen molar-refractivity contribution in [1.29, 1.82) is 0 Å². The zero-order chi connectivity index (χ0) is 29.7. The number of fused-ring (bicyclic) bond motifs is 4. The van der Waals surface area contributed by atoms with Crippen LogP contribution < -0.4 is 4.90 Å². The molecule has 210 valence electrons. The molecule has 0 N–H and O–H groups in total. The molecule has 0 amide bonds. The Hall–Kier alpha value is -5.40. The van der Waals surface area contributed by atoms with E-state index in [0.29, 0.717) is 0 Å². The van der Waals surface area contributed by atoms with E-state index < -0.39 is 0 Å². The maximum atomic E-state index is 2.44. The first kappa shape index (κ1) is 26.2. The minimum Gasteiger partial charge on any atom is -0.310 e. The van der Waals surface area contributed by atoms with Gasteiger partial charge in [0.1, 0.15) is 0 Å². The lowest BCUT2D eigenvalue weighted by Crippen LogP contribution is -2.17. The lowest BCUT2D eigenvalue weighted by Gasteiger charge is -2.30. The second-order valence-corrected chi connectivity index (χ2v) is 12.2. The zero-order valence-corrected chi connectivity index (χ0v) is 25.0. The summed E-state index contributed by atoms with van der Waals surface area (Å²) in [4.78, 5) is 2.44. The van der Waals surface area contributed by atoms with Crippen LogP contribution in [0.3, 0.4) is 0 Å². The lowest BCUT2D eigenvalue weighted by molar-refractivity contribution is 0.662. The van der Waals surface area contributed by atoms with E-state index in [1.807, 2.05) is 0 Å². The van der Waals surface area contributed by atoms with Crippen molar-refractivity contribution < 1.29 is 0 Å². The third-order valence-corrected chi connectivity index (χ3v) is 9.22. The Morgan fingerprint density at radius 3 is 1.80 bits per heavy atom. The summed E-state index contributed by atoms with van der Waals surface area (Å²) in [5, 5.41) is 2.46. The SMILES string of the molecule is CC1(C)c2ccccc2-c2cc(N(c3ccc(-c4ccccc4)cc3)c3cccc4ccccc34)cc(-c3ccccc3)c21. The van der Waals surface area contributed by atoms with E-state index in [2.05, 4.69) is 183 Å². The molecule has 1 nitrogen and oxygen atoms in total. The van der Waals surface area contributed by atoms with Crippen molar-refractivity contribution in [2.24, 2.45) is 0 Å². The van der Waals surface area contributed by atoms with Gasteiger partial charge in [-0.2, -0.15) is 0 Å². The van der Waals surface area contributed by atoms with Crippen molar-refractivity contribution in [3.63, 3.8) is 0 Å². The fourth-order valence-electron chi connectivity index (χ4n) is 7.15. The molecule has 44 heavy (non-hydrogen) atoms. The molecule has 0 radical (unpaired) electrons. The fraction of sp³-hybridized carbons (Fsp3) is 0.0698. The first-order valence-electron chi connectivity index (χ1n) is 15.4. The van der Waals surface area contributed by atoms with E-state index in [-0.39, 0.29) is 5.41 Å². The van der Waals surface area contributed by atoms with E-state index in [1.165, 1.54) is 61.0 Å². The normalized spacial score (nSPS) is 13.0. The van der Waals surface area contributed by atoms with Gasteiger partial charge >= 0.3 is 0 Å². The number of rotatable bonds is 5. The number of anilines is 3. The maximum Gasteiger partial charge on any atom is 0.0540 e. The standard InChI is InChI=1S/C43H33N/c1-43(2)40-22-12-11-21-37(40)39-29-35(28-38(42(39)43)33-16-7-4-8-17-33)44(41-23-13-19-32-18-9-10-20-36(32)41)34-26-24-31(25-27-34)30-14-5-3-6-15-30/h3-29H,1-2H3. The molecule has 1 heteroatoms. The predicted octanol–water partition coefficient (Wildman–Crippen LogP) is 11.9. The average molecular weight is 564 g/mol. The molecular weight excluding hydrogens is 530 g/mol.